The Morgan fingerprint density at radius 3 is 2.25 bits per heavy atom. The SMILES string of the molecule is C[C@H](NC(=O)C1(c2ccc(F)cc2)CCCC1)C(=O)N1CCCC1. The van der Waals surface area contributed by atoms with E-state index in [1.54, 1.807) is 19.1 Å². The van der Waals surface area contributed by atoms with Crippen LogP contribution >= 0.6 is 0 Å². The zero-order valence-corrected chi connectivity index (χ0v) is 14.2. The van der Waals surface area contributed by atoms with E-state index < -0.39 is 11.5 Å². The van der Waals surface area contributed by atoms with Gasteiger partial charge < -0.3 is 10.2 Å². The Labute approximate surface area is 142 Å². The van der Waals surface area contributed by atoms with Gasteiger partial charge in [-0.25, -0.2) is 4.39 Å². The Morgan fingerprint density at radius 2 is 1.67 bits per heavy atom. The minimum Gasteiger partial charge on any atom is -0.344 e. The van der Waals surface area contributed by atoms with E-state index in [1.165, 1.54) is 12.1 Å². The molecule has 1 aromatic rings. The van der Waals surface area contributed by atoms with Gasteiger partial charge in [0.25, 0.3) is 0 Å². The van der Waals surface area contributed by atoms with Crippen molar-refractivity contribution in [2.45, 2.75) is 56.9 Å². The Hall–Kier alpha value is -1.91. The average molecular weight is 332 g/mol. The van der Waals surface area contributed by atoms with Gasteiger partial charge in [0.05, 0.1) is 5.41 Å². The van der Waals surface area contributed by atoms with Gasteiger partial charge in [-0.2, -0.15) is 0 Å². The number of hydrogen-bond acceptors (Lipinski definition) is 2. The number of carbonyl (C=O) groups excluding carboxylic acids is 2. The predicted molar refractivity (Wildman–Crippen MR) is 90.0 cm³/mol. The number of carbonyl (C=O) groups is 2. The number of halogens is 1. The minimum atomic E-state index is -0.632. The van der Waals surface area contributed by atoms with Crippen LogP contribution in [0.4, 0.5) is 4.39 Å². The maximum Gasteiger partial charge on any atom is 0.244 e. The molecule has 1 saturated carbocycles. The molecule has 1 N–H and O–H groups in total. The van der Waals surface area contributed by atoms with Crippen LogP contribution in [0.25, 0.3) is 0 Å². The minimum absolute atomic E-state index is 0.00639. The lowest BCUT2D eigenvalue weighted by Gasteiger charge is -2.30. The van der Waals surface area contributed by atoms with E-state index in [0.717, 1.165) is 57.2 Å². The van der Waals surface area contributed by atoms with Crippen LogP contribution in [0.3, 0.4) is 0 Å². The quantitative estimate of drug-likeness (QED) is 0.922. The fourth-order valence-corrected chi connectivity index (χ4v) is 4.00. The Balaban J connectivity index is 1.75. The summed E-state index contributed by atoms with van der Waals surface area (Å²) in [5, 5.41) is 2.93. The van der Waals surface area contributed by atoms with Crippen LogP contribution < -0.4 is 5.32 Å². The topological polar surface area (TPSA) is 49.4 Å². The molecule has 1 heterocycles. The highest BCUT2D eigenvalue weighted by Crippen LogP contribution is 2.41. The van der Waals surface area contributed by atoms with Crippen LogP contribution in [-0.4, -0.2) is 35.8 Å². The van der Waals surface area contributed by atoms with E-state index >= 15 is 0 Å². The highest BCUT2D eigenvalue weighted by molar-refractivity contribution is 5.93. The molecule has 24 heavy (non-hydrogen) atoms. The Bertz CT molecular complexity index is 602. The fourth-order valence-electron chi connectivity index (χ4n) is 4.00. The first kappa shape index (κ1) is 16.9. The predicted octanol–water partition coefficient (Wildman–Crippen LogP) is 2.76. The molecule has 0 aromatic heterocycles. The molecule has 5 heteroatoms. The molecule has 1 atom stereocenters. The highest BCUT2D eigenvalue weighted by atomic mass is 19.1. The van der Waals surface area contributed by atoms with Crippen molar-refractivity contribution in [2.75, 3.05) is 13.1 Å². The molecule has 2 amide bonds. The van der Waals surface area contributed by atoms with E-state index in [9.17, 15) is 14.0 Å². The molecular weight excluding hydrogens is 307 g/mol. The standard InChI is InChI=1S/C19H25FN2O2/c1-14(17(23)22-12-4-5-13-22)21-18(24)19(10-2-3-11-19)15-6-8-16(20)9-7-15/h6-9,14H,2-5,10-13H2,1H3,(H,21,24)/t14-/m0/s1. The molecule has 2 aliphatic rings. The van der Waals surface area contributed by atoms with E-state index in [2.05, 4.69) is 5.32 Å². The Morgan fingerprint density at radius 1 is 1.08 bits per heavy atom. The maximum absolute atomic E-state index is 13.2. The number of hydrogen-bond donors (Lipinski definition) is 1. The van der Waals surface area contributed by atoms with Crippen LogP contribution in [0, 0.1) is 5.82 Å². The second-order valence-electron chi connectivity index (χ2n) is 7.02. The molecule has 1 aromatic carbocycles. The monoisotopic (exact) mass is 332 g/mol. The van der Waals surface area contributed by atoms with Crippen molar-refractivity contribution >= 4 is 11.8 Å². The van der Waals surface area contributed by atoms with Gasteiger partial charge in [0.15, 0.2) is 0 Å². The van der Waals surface area contributed by atoms with Crippen LogP contribution in [0.15, 0.2) is 24.3 Å². The second kappa shape index (κ2) is 6.91. The normalized spacial score (nSPS) is 20.8. The third-order valence-corrected chi connectivity index (χ3v) is 5.42. The first-order valence-electron chi connectivity index (χ1n) is 8.89. The van der Waals surface area contributed by atoms with Crippen LogP contribution in [0.1, 0.15) is 51.0 Å². The van der Waals surface area contributed by atoms with E-state index in [4.69, 9.17) is 0 Å². The van der Waals surface area contributed by atoms with Crippen LogP contribution in [0.5, 0.6) is 0 Å². The first-order valence-corrected chi connectivity index (χ1v) is 8.89. The summed E-state index contributed by atoms with van der Waals surface area (Å²) in [5.41, 5.74) is 0.215. The molecule has 0 spiro atoms. The number of amides is 2. The molecule has 0 bridgehead atoms. The van der Waals surface area contributed by atoms with Crippen molar-refractivity contribution in [3.8, 4) is 0 Å². The van der Waals surface area contributed by atoms with Gasteiger partial charge in [-0.05, 0) is 50.3 Å². The van der Waals surface area contributed by atoms with Crippen LogP contribution in [-0.2, 0) is 15.0 Å². The smallest absolute Gasteiger partial charge is 0.244 e. The van der Waals surface area contributed by atoms with Gasteiger partial charge in [0.2, 0.25) is 11.8 Å². The third-order valence-electron chi connectivity index (χ3n) is 5.42. The molecule has 0 radical (unpaired) electrons. The average Bonchev–Trinajstić information content (AvgIpc) is 3.27. The lowest BCUT2D eigenvalue weighted by atomic mass is 9.78. The lowest BCUT2D eigenvalue weighted by molar-refractivity contribution is -0.136. The molecule has 3 rings (SSSR count). The summed E-state index contributed by atoms with van der Waals surface area (Å²) in [4.78, 5) is 27.3. The number of likely N-dealkylation sites (tertiary alicyclic amines) is 1. The Kier molecular flexibility index (Phi) is 4.88. The van der Waals surface area contributed by atoms with Crippen molar-refractivity contribution in [3.63, 3.8) is 0 Å². The highest BCUT2D eigenvalue weighted by Gasteiger charge is 2.43. The summed E-state index contributed by atoms with van der Waals surface area (Å²) in [6.45, 7) is 3.32. The van der Waals surface area contributed by atoms with E-state index in [-0.39, 0.29) is 17.6 Å². The van der Waals surface area contributed by atoms with Crippen molar-refractivity contribution < 1.29 is 14.0 Å². The van der Waals surface area contributed by atoms with Gasteiger partial charge >= 0.3 is 0 Å². The van der Waals surface area contributed by atoms with Gasteiger partial charge in [0.1, 0.15) is 11.9 Å². The van der Waals surface area contributed by atoms with E-state index in [1.807, 2.05) is 4.90 Å². The van der Waals surface area contributed by atoms with Crippen molar-refractivity contribution in [1.82, 2.24) is 10.2 Å². The molecule has 4 nitrogen and oxygen atoms in total. The zero-order chi connectivity index (χ0) is 17.2. The molecule has 0 unspecified atom stereocenters. The summed E-state index contributed by atoms with van der Waals surface area (Å²) in [6, 6.07) is 5.69. The maximum atomic E-state index is 13.2. The molecule has 1 saturated heterocycles. The first-order chi connectivity index (χ1) is 11.5. The molecule has 1 aliphatic heterocycles. The molecular formula is C19H25FN2O2. The second-order valence-corrected chi connectivity index (χ2v) is 7.02. The molecule has 130 valence electrons. The number of nitrogens with zero attached hydrogens (tertiary/aromatic N) is 1. The summed E-state index contributed by atoms with van der Waals surface area (Å²) >= 11 is 0. The third kappa shape index (κ3) is 3.17. The van der Waals surface area contributed by atoms with Crippen LogP contribution in [0.2, 0.25) is 0 Å². The number of benzene rings is 1. The van der Waals surface area contributed by atoms with E-state index in [0.29, 0.717) is 0 Å². The summed E-state index contributed by atoms with van der Waals surface area (Å²) in [5.74, 6) is -0.412. The summed E-state index contributed by atoms with van der Waals surface area (Å²) in [6.07, 6.45) is 5.50. The van der Waals surface area contributed by atoms with Gasteiger partial charge in [-0.15, -0.1) is 0 Å². The van der Waals surface area contributed by atoms with Gasteiger partial charge in [-0.1, -0.05) is 25.0 Å². The largest absolute Gasteiger partial charge is 0.344 e. The summed E-state index contributed by atoms with van der Waals surface area (Å²) < 4.78 is 13.2. The number of nitrogens with one attached hydrogen (secondary N) is 1. The fraction of sp³-hybridized carbons (Fsp3) is 0.579. The summed E-state index contributed by atoms with van der Waals surface area (Å²) in [7, 11) is 0. The lowest BCUT2D eigenvalue weighted by Crippen LogP contribution is -2.51. The van der Waals surface area contributed by atoms with Crippen molar-refractivity contribution in [3.05, 3.63) is 35.6 Å². The van der Waals surface area contributed by atoms with Gasteiger partial charge in [-0.3, -0.25) is 9.59 Å². The number of rotatable bonds is 4. The zero-order valence-electron chi connectivity index (χ0n) is 14.2. The van der Waals surface area contributed by atoms with Gasteiger partial charge in [0, 0.05) is 13.1 Å². The molecule has 2 fully saturated rings. The van der Waals surface area contributed by atoms with Crippen molar-refractivity contribution in [1.29, 1.82) is 0 Å². The molecule has 1 aliphatic carbocycles. The van der Waals surface area contributed by atoms with Crippen molar-refractivity contribution in [2.24, 2.45) is 0 Å².